The molecule has 4 rings (SSSR count). The molecule has 7 nitrogen and oxygen atoms in total. The van der Waals surface area contributed by atoms with Gasteiger partial charge in [-0.15, -0.1) is 11.8 Å². The van der Waals surface area contributed by atoms with Crippen LogP contribution < -0.4 is 19.1 Å². The lowest BCUT2D eigenvalue weighted by Gasteiger charge is -2.24. The highest BCUT2D eigenvalue weighted by atomic mass is 32.2. The van der Waals surface area contributed by atoms with Crippen molar-refractivity contribution in [2.45, 2.75) is 22.5 Å². The molecule has 0 aliphatic heterocycles. The van der Waals surface area contributed by atoms with Crippen LogP contribution in [0.5, 0.6) is 11.5 Å². The fourth-order valence-corrected chi connectivity index (χ4v) is 6.29. The second-order valence-electron chi connectivity index (χ2n) is 8.80. The Morgan fingerprint density at radius 3 is 2.25 bits per heavy atom. The second kappa shape index (κ2) is 12.9. The van der Waals surface area contributed by atoms with Crippen LogP contribution in [0.2, 0.25) is 0 Å². The first kappa shape index (κ1) is 29.0. The largest absolute Gasteiger partial charge is 0.493 e. The van der Waals surface area contributed by atoms with E-state index in [4.69, 9.17) is 9.47 Å². The summed E-state index contributed by atoms with van der Waals surface area (Å²) in [4.78, 5) is 14.2. The fraction of sp³-hybridized carbons (Fsp3) is 0.167. The summed E-state index contributed by atoms with van der Waals surface area (Å²) in [5.41, 5.74) is 2.64. The summed E-state index contributed by atoms with van der Waals surface area (Å²) in [7, 11) is -1.41. The third kappa shape index (κ3) is 6.94. The number of anilines is 2. The molecule has 0 atom stereocenters. The van der Waals surface area contributed by atoms with E-state index in [0.717, 1.165) is 38.2 Å². The van der Waals surface area contributed by atoms with Crippen molar-refractivity contribution in [1.29, 1.82) is 0 Å². The van der Waals surface area contributed by atoms with Crippen LogP contribution in [0, 0.1) is 12.7 Å². The van der Waals surface area contributed by atoms with E-state index in [1.54, 1.807) is 17.8 Å². The summed E-state index contributed by atoms with van der Waals surface area (Å²) < 4.78 is 52.5. The number of carbonyl (C=O) groups is 1. The Morgan fingerprint density at radius 2 is 1.60 bits per heavy atom. The van der Waals surface area contributed by atoms with Crippen LogP contribution in [0.1, 0.15) is 11.1 Å². The number of halogens is 1. The summed E-state index contributed by atoms with van der Waals surface area (Å²) in [5, 5.41) is 2.82. The highest BCUT2D eigenvalue weighted by Crippen LogP contribution is 2.32. The number of amides is 1. The second-order valence-corrected chi connectivity index (χ2v) is 11.7. The molecule has 0 aliphatic carbocycles. The number of nitrogens with one attached hydrogen (secondary N) is 1. The molecular weight excluding hydrogens is 551 g/mol. The van der Waals surface area contributed by atoms with Crippen LogP contribution in [0.25, 0.3) is 0 Å². The number of methoxy groups -OCH3 is 2. The molecule has 0 aromatic heterocycles. The monoisotopic (exact) mass is 580 g/mol. The number of ether oxygens (including phenoxy) is 2. The van der Waals surface area contributed by atoms with Crippen molar-refractivity contribution >= 4 is 39.1 Å². The number of rotatable bonds is 11. The van der Waals surface area contributed by atoms with E-state index in [1.165, 1.54) is 44.6 Å². The summed E-state index contributed by atoms with van der Waals surface area (Å²) in [6, 6.07) is 24.8. The van der Waals surface area contributed by atoms with Crippen LogP contribution in [0.15, 0.2) is 101 Å². The number of hydrogen-bond donors (Lipinski definition) is 1. The maximum Gasteiger partial charge on any atom is 0.264 e. The van der Waals surface area contributed by atoms with Gasteiger partial charge in [0.1, 0.15) is 12.4 Å². The summed E-state index contributed by atoms with van der Waals surface area (Å²) in [6.45, 7) is 1.35. The molecule has 4 aromatic carbocycles. The third-order valence-corrected chi connectivity index (χ3v) is 8.91. The number of nitrogens with zero attached hydrogens (tertiary/aromatic N) is 1. The van der Waals surface area contributed by atoms with E-state index in [0.29, 0.717) is 11.4 Å². The SMILES string of the molecule is COc1ccc(S(=O)(=O)N(CC(=O)Nc2ccc(CSc3ccccc3)cc2C)c2ccc(F)cc2)cc1OC. The minimum atomic E-state index is -4.25. The van der Waals surface area contributed by atoms with Crippen LogP contribution in [-0.2, 0) is 20.6 Å². The lowest BCUT2D eigenvalue weighted by atomic mass is 10.1. The molecule has 0 saturated heterocycles. The van der Waals surface area contributed by atoms with Crippen molar-refractivity contribution in [3.63, 3.8) is 0 Å². The molecule has 0 bridgehead atoms. The predicted octanol–water partition coefficient (Wildman–Crippen LogP) is 6.28. The van der Waals surface area contributed by atoms with Crippen LogP contribution in [-0.4, -0.2) is 35.1 Å². The van der Waals surface area contributed by atoms with Crippen molar-refractivity contribution in [3.05, 3.63) is 108 Å². The maximum atomic E-state index is 13.7. The highest BCUT2D eigenvalue weighted by Gasteiger charge is 2.28. The number of thioether (sulfide) groups is 1. The summed E-state index contributed by atoms with van der Waals surface area (Å²) in [6.07, 6.45) is 0. The van der Waals surface area contributed by atoms with Crippen molar-refractivity contribution in [1.82, 2.24) is 0 Å². The molecule has 208 valence electrons. The average molecular weight is 581 g/mol. The van der Waals surface area contributed by atoms with Gasteiger partial charge in [0.2, 0.25) is 5.91 Å². The van der Waals surface area contributed by atoms with Gasteiger partial charge in [0.05, 0.1) is 24.8 Å². The van der Waals surface area contributed by atoms with Gasteiger partial charge in [0.15, 0.2) is 11.5 Å². The van der Waals surface area contributed by atoms with E-state index in [9.17, 15) is 17.6 Å². The van der Waals surface area contributed by atoms with Crippen molar-refractivity contribution in [3.8, 4) is 11.5 Å². The standard InChI is InChI=1S/C30H29FN2O5S2/c1-21-17-22(20-39-25-7-5-4-6-8-25)9-15-27(21)32-30(34)19-33(24-12-10-23(31)11-13-24)40(35,36)26-14-16-28(37-2)29(18-26)38-3/h4-18H,19-20H2,1-3H3,(H,32,34). The Kier molecular flexibility index (Phi) is 9.34. The van der Waals surface area contributed by atoms with Crippen molar-refractivity contribution < 1.29 is 27.1 Å². The van der Waals surface area contributed by atoms with Gasteiger partial charge in [-0.25, -0.2) is 12.8 Å². The number of hydrogen-bond acceptors (Lipinski definition) is 6. The van der Waals surface area contributed by atoms with Crippen LogP contribution in [0.3, 0.4) is 0 Å². The van der Waals surface area contributed by atoms with Gasteiger partial charge in [-0.05, 0) is 72.6 Å². The minimum Gasteiger partial charge on any atom is -0.493 e. The molecule has 0 spiro atoms. The van der Waals surface area contributed by atoms with E-state index in [1.807, 2.05) is 37.3 Å². The Bertz CT molecular complexity index is 1580. The highest BCUT2D eigenvalue weighted by molar-refractivity contribution is 7.98. The third-order valence-electron chi connectivity index (χ3n) is 6.06. The topological polar surface area (TPSA) is 84.9 Å². The molecule has 0 aliphatic rings. The Labute approximate surface area is 238 Å². The smallest absolute Gasteiger partial charge is 0.264 e. The first-order chi connectivity index (χ1) is 19.2. The Morgan fingerprint density at radius 1 is 0.900 bits per heavy atom. The molecule has 10 heteroatoms. The number of carbonyl (C=O) groups excluding carboxylic acids is 1. The molecule has 0 saturated carbocycles. The van der Waals surface area contributed by atoms with Crippen molar-refractivity contribution in [2.24, 2.45) is 0 Å². The Hall–Kier alpha value is -4.02. The molecule has 40 heavy (non-hydrogen) atoms. The lowest BCUT2D eigenvalue weighted by Crippen LogP contribution is -2.38. The zero-order valence-electron chi connectivity index (χ0n) is 22.3. The van der Waals surface area contributed by atoms with Gasteiger partial charge in [-0.3, -0.25) is 9.10 Å². The maximum absolute atomic E-state index is 13.7. The van der Waals surface area contributed by atoms with Crippen LogP contribution >= 0.6 is 11.8 Å². The van der Waals surface area contributed by atoms with Crippen molar-refractivity contribution in [2.75, 3.05) is 30.4 Å². The molecule has 0 heterocycles. The first-order valence-electron chi connectivity index (χ1n) is 12.3. The molecular formula is C30H29FN2O5S2. The zero-order valence-corrected chi connectivity index (χ0v) is 23.9. The molecule has 0 unspecified atom stereocenters. The lowest BCUT2D eigenvalue weighted by molar-refractivity contribution is -0.114. The van der Waals surface area contributed by atoms with Gasteiger partial charge in [0.25, 0.3) is 10.0 Å². The van der Waals surface area contributed by atoms with Gasteiger partial charge < -0.3 is 14.8 Å². The van der Waals surface area contributed by atoms with Gasteiger partial charge in [-0.1, -0.05) is 30.3 Å². The van der Waals surface area contributed by atoms with E-state index >= 15 is 0 Å². The average Bonchev–Trinajstić information content (AvgIpc) is 2.96. The summed E-state index contributed by atoms with van der Waals surface area (Å²) >= 11 is 1.71. The van der Waals surface area contributed by atoms with Gasteiger partial charge in [0, 0.05) is 22.4 Å². The number of benzene rings is 4. The van der Waals surface area contributed by atoms with E-state index in [-0.39, 0.29) is 16.3 Å². The Balaban J connectivity index is 1.55. The molecule has 0 fully saturated rings. The molecule has 1 amide bonds. The zero-order chi connectivity index (χ0) is 28.7. The number of aryl methyl sites for hydroxylation is 1. The van der Waals surface area contributed by atoms with Gasteiger partial charge >= 0.3 is 0 Å². The first-order valence-corrected chi connectivity index (χ1v) is 14.7. The molecule has 0 radical (unpaired) electrons. The molecule has 1 N–H and O–H groups in total. The van der Waals surface area contributed by atoms with E-state index < -0.39 is 28.3 Å². The predicted molar refractivity (Wildman–Crippen MR) is 156 cm³/mol. The van der Waals surface area contributed by atoms with Gasteiger partial charge in [-0.2, -0.15) is 0 Å². The van der Waals surface area contributed by atoms with E-state index in [2.05, 4.69) is 17.4 Å². The molecule has 4 aromatic rings. The summed E-state index contributed by atoms with van der Waals surface area (Å²) in [5.74, 6) is 0.253. The van der Waals surface area contributed by atoms with Crippen LogP contribution in [0.4, 0.5) is 15.8 Å². The normalized spacial score (nSPS) is 11.1. The quantitative estimate of drug-likeness (QED) is 0.210. The number of sulfonamides is 1. The minimum absolute atomic E-state index is 0.112. The fourth-order valence-electron chi connectivity index (χ4n) is 3.99.